The minimum atomic E-state index is 1.12. The Bertz CT molecular complexity index is 3920. The first-order valence-electron chi connectivity index (χ1n) is 24.1. The zero-order valence-corrected chi connectivity index (χ0v) is 38.5. The summed E-state index contributed by atoms with van der Waals surface area (Å²) in [6.45, 7) is 0. The Morgan fingerprint density at radius 1 is 0.157 bits per heavy atom. The average Bonchev–Trinajstić information content (AvgIpc) is 3.43. The maximum absolute atomic E-state index is 2.38. The van der Waals surface area contributed by atoms with Crippen LogP contribution in [0.2, 0.25) is 0 Å². The van der Waals surface area contributed by atoms with Crippen molar-refractivity contribution in [1.29, 1.82) is 0 Å². The minimum Gasteiger partial charge on any atom is -0.310 e. The summed E-state index contributed by atoms with van der Waals surface area (Å²) in [5.74, 6) is 0. The van der Waals surface area contributed by atoms with Crippen LogP contribution in [0.25, 0.3) is 87.2 Å². The summed E-state index contributed by atoms with van der Waals surface area (Å²) in [5.41, 5.74) is 14.1. The van der Waals surface area contributed by atoms with E-state index in [9.17, 15) is 0 Å². The molecule has 0 N–H and O–H groups in total. The van der Waals surface area contributed by atoms with Crippen LogP contribution in [0.4, 0.5) is 34.1 Å². The molecule has 2 heteroatoms. The van der Waals surface area contributed by atoms with Crippen LogP contribution in [0.5, 0.6) is 0 Å². The highest BCUT2D eigenvalue weighted by Crippen LogP contribution is 2.50. The molecule has 0 unspecified atom stereocenters. The summed E-state index contributed by atoms with van der Waals surface area (Å²) < 4.78 is 0. The van der Waals surface area contributed by atoms with Crippen LogP contribution in [-0.2, 0) is 0 Å². The van der Waals surface area contributed by atoms with Gasteiger partial charge in [-0.2, -0.15) is 0 Å². The highest BCUT2D eigenvalue weighted by molar-refractivity contribution is 6.26. The topological polar surface area (TPSA) is 6.48 Å². The van der Waals surface area contributed by atoms with Gasteiger partial charge < -0.3 is 9.80 Å². The Morgan fingerprint density at radius 2 is 0.414 bits per heavy atom. The van der Waals surface area contributed by atoms with E-state index in [4.69, 9.17) is 0 Å². The van der Waals surface area contributed by atoms with Crippen molar-refractivity contribution in [1.82, 2.24) is 0 Å². The summed E-state index contributed by atoms with van der Waals surface area (Å²) in [5, 5.41) is 12.2. The zero-order chi connectivity index (χ0) is 46.4. The van der Waals surface area contributed by atoms with Crippen LogP contribution in [-0.4, -0.2) is 0 Å². The first-order chi connectivity index (χ1) is 34.8. The molecule has 328 valence electrons. The third-order valence-electron chi connectivity index (χ3n) is 14.0. The summed E-state index contributed by atoms with van der Waals surface area (Å²) in [6, 6.07) is 102. The number of fused-ring (bicyclic) bond motifs is 5. The summed E-state index contributed by atoms with van der Waals surface area (Å²) >= 11 is 0. The van der Waals surface area contributed by atoms with Crippen LogP contribution in [0.3, 0.4) is 0 Å². The lowest BCUT2D eigenvalue weighted by atomic mass is 9.83. The summed E-state index contributed by atoms with van der Waals surface area (Å²) in [4.78, 5) is 4.75. The predicted molar refractivity (Wildman–Crippen MR) is 300 cm³/mol. The number of para-hydroxylation sites is 4. The Morgan fingerprint density at radius 3 is 0.843 bits per heavy atom. The van der Waals surface area contributed by atoms with Crippen molar-refractivity contribution < 1.29 is 0 Å². The van der Waals surface area contributed by atoms with Crippen LogP contribution in [0, 0.1) is 0 Å². The van der Waals surface area contributed by atoms with E-state index < -0.39 is 0 Å². The second-order valence-electron chi connectivity index (χ2n) is 17.9. The molecule has 2 nitrogen and oxygen atoms in total. The fourth-order valence-corrected chi connectivity index (χ4v) is 11.1. The number of hydrogen-bond donors (Lipinski definition) is 0. The molecule has 70 heavy (non-hydrogen) atoms. The molecule has 0 spiro atoms. The van der Waals surface area contributed by atoms with Crippen molar-refractivity contribution in [3.05, 3.63) is 279 Å². The standard InChI is InChI=1S/C68H46N2/c1-5-23-47(24-6-1)69(48-25-7-2-8-26-48)65-44-22-41-54-52(38-20-42-58(54)65)51-37-19-40-55-53(51)39-21-43-59(55)67-60-33-15-17-35-62(60)68(63-36-18-16-34-61(63)67)64-45-46-66(57-32-14-13-31-56(57)64)70(49-27-9-3-10-28-49)50-29-11-4-12-30-50/h1-46H. The lowest BCUT2D eigenvalue weighted by Gasteiger charge is -2.28. The van der Waals surface area contributed by atoms with Gasteiger partial charge in [0.15, 0.2) is 0 Å². The van der Waals surface area contributed by atoms with E-state index in [-0.39, 0.29) is 0 Å². The largest absolute Gasteiger partial charge is 0.310 e. The normalized spacial score (nSPS) is 11.4. The molecular weight excluding hydrogens is 845 g/mol. The molecule has 13 rings (SSSR count). The van der Waals surface area contributed by atoms with Crippen LogP contribution in [0.15, 0.2) is 279 Å². The maximum atomic E-state index is 2.38. The fraction of sp³-hybridized carbons (Fsp3) is 0. The smallest absolute Gasteiger partial charge is 0.0540 e. The molecule has 0 bridgehead atoms. The quantitative estimate of drug-likeness (QED) is 0.133. The van der Waals surface area contributed by atoms with Gasteiger partial charge in [0.2, 0.25) is 0 Å². The van der Waals surface area contributed by atoms with Crippen LogP contribution < -0.4 is 9.80 Å². The lowest BCUT2D eigenvalue weighted by molar-refractivity contribution is 1.30. The molecular formula is C68H46N2. The monoisotopic (exact) mass is 890 g/mol. The SMILES string of the molecule is c1ccc(N(c2ccccc2)c2cccc3c(-c4cccc5c(-c6c7ccccc7c(-c7ccc(N(c8ccccc8)c8ccccc8)c8ccccc78)c7ccccc67)cccc45)cccc23)cc1. The van der Waals surface area contributed by atoms with E-state index in [1.165, 1.54) is 87.2 Å². The van der Waals surface area contributed by atoms with Crippen LogP contribution in [0.1, 0.15) is 0 Å². The number of benzene rings is 13. The third kappa shape index (κ3) is 6.88. The third-order valence-corrected chi connectivity index (χ3v) is 14.0. The molecule has 0 fully saturated rings. The van der Waals surface area contributed by atoms with Crippen LogP contribution >= 0.6 is 0 Å². The van der Waals surface area contributed by atoms with E-state index in [2.05, 4.69) is 289 Å². The molecule has 0 radical (unpaired) electrons. The predicted octanol–water partition coefficient (Wildman–Crippen LogP) is 19.4. The molecule has 0 amide bonds. The van der Waals surface area contributed by atoms with Crippen molar-refractivity contribution in [3.63, 3.8) is 0 Å². The van der Waals surface area contributed by atoms with E-state index in [0.717, 1.165) is 34.1 Å². The molecule has 0 aromatic heterocycles. The molecule has 0 aliphatic rings. The van der Waals surface area contributed by atoms with Crippen molar-refractivity contribution in [2.24, 2.45) is 0 Å². The van der Waals surface area contributed by atoms with Gasteiger partial charge in [-0.05, 0) is 137 Å². The van der Waals surface area contributed by atoms with Gasteiger partial charge in [-0.25, -0.2) is 0 Å². The van der Waals surface area contributed by atoms with Crippen molar-refractivity contribution in [2.45, 2.75) is 0 Å². The summed E-state index contributed by atoms with van der Waals surface area (Å²) in [6.07, 6.45) is 0. The van der Waals surface area contributed by atoms with E-state index in [1.54, 1.807) is 0 Å². The Hall–Kier alpha value is -9.24. The zero-order valence-electron chi connectivity index (χ0n) is 38.5. The molecule has 0 atom stereocenters. The Balaban J connectivity index is 1.00. The van der Waals surface area contributed by atoms with Gasteiger partial charge in [-0.3, -0.25) is 0 Å². The summed E-state index contributed by atoms with van der Waals surface area (Å²) in [7, 11) is 0. The van der Waals surface area contributed by atoms with E-state index >= 15 is 0 Å². The molecule has 0 saturated carbocycles. The van der Waals surface area contributed by atoms with Crippen molar-refractivity contribution >= 4 is 88.0 Å². The second kappa shape index (κ2) is 17.4. The first-order valence-corrected chi connectivity index (χ1v) is 24.1. The van der Waals surface area contributed by atoms with Gasteiger partial charge in [-0.1, -0.05) is 218 Å². The average molecular weight is 891 g/mol. The first kappa shape index (κ1) is 41.0. The lowest BCUT2D eigenvalue weighted by Crippen LogP contribution is -2.10. The van der Waals surface area contributed by atoms with Gasteiger partial charge in [0.25, 0.3) is 0 Å². The molecule has 0 heterocycles. The number of nitrogens with zero attached hydrogens (tertiary/aromatic N) is 2. The van der Waals surface area contributed by atoms with Gasteiger partial charge >= 0.3 is 0 Å². The molecule has 0 saturated heterocycles. The van der Waals surface area contributed by atoms with Gasteiger partial charge in [0, 0.05) is 33.5 Å². The molecule has 0 aliphatic heterocycles. The molecule has 13 aromatic carbocycles. The second-order valence-corrected chi connectivity index (χ2v) is 17.9. The van der Waals surface area contributed by atoms with Crippen molar-refractivity contribution in [3.8, 4) is 33.4 Å². The van der Waals surface area contributed by atoms with Gasteiger partial charge in [0.05, 0.1) is 11.4 Å². The Labute approximate surface area is 408 Å². The van der Waals surface area contributed by atoms with E-state index in [1.807, 2.05) is 0 Å². The number of anilines is 6. The highest BCUT2D eigenvalue weighted by atomic mass is 15.1. The molecule has 13 aromatic rings. The van der Waals surface area contributed by atoms with Gasteiger partial charge in [-0.15, -0.1) is 0 Å². The van der Waals surface area contributed by atoms with E-state index in [0.29, 0.717) is 0 Å². The highest BCUT2D eigenvalue weighted by Gasteiger charge is 2.23. The van der Waals surface area contributed by atoms with Crippen molar-refractivity contribution in [2.75, 3.05) is 9.80 Å². The number of hydrogen-bond acceptors (Lipinski definition) is 2. The maximum Gasteiger partial charge on any atom is 0.0540 e. The minimum absolute atomic E-state index is 1.12. The number of rotatable bonds is 9. The Kier molecular flexibility index (Phi) is 10.2. The molecule has 0 aliphatic carbocycles. The van der Waals surface area contributed by atoms with Gasteiger partial charge in [0.1, 0.15) is 0 Å². The fourth-order valence-electron chi connectivity index (χ4n) is 11.1.